The second-order valence-corrected chi connectivity index (χ2v) is 4.68. The number of nitrogens with two attached hydrogens (primary N) is 1. The molecule has 0 amide bonds. The fraction of sp³-hybridized carbons (Fsp3) is 0.571. The molecule has 1 aliphatic heterocycles. The highest BCUT2D eigenvalue weighted by molar-refractivity contribution is 7.89. The molecule has 1 atom stereocenters. The maximum Gasteiger partial charge on any atom is 0.255 e. The topological polar surface area (TPSA) is 87.2 Å². The van der Waals surface area contributed by atoms with Crippen LogP contribution in [0.4, 0.5) is 0 Å². The molecule has 2 heterocycles. The van der Waals surface area contributed by atoms with Gasteiger partial charge in [0, 0.05) is 6.61 Å². The van der Waals surface area contributed by atoms with Crippen molar-refractivity contribution in [1.82, 2.24) is 9.78 Å². The Hall–Kier alpha value is -0.920. The van der Waals surface area contributed by atoms with Gasteiger partial charge in [0.05, 0.1) is 18.8 Å². The molecular weight excluding hydrogens is 206 g/mol. The summed E-state index contributed by atoms with van der Waals surface area (Å²) in [6.45, 7) is 1.12. The predicted octanol–water partition coefficient (Wildman–Crippen LogP) is -0.508. The molecular formula is C7H11N3O3S. The van der Waals surface area contributed by atoms with Crippen LogP contribution in [-0.2, 0) is 14.8 Å². The summed E-state index contributed by atoms with van der Waals surface area (Å²) >= 11 is 0. The van der Waals surface area contributed by atoms with Crippen LogP contribution in [0, 0.1) is 0 Å². The molecule has 0 saturated carbocycles. The lowest BCUT2D eigenvalue weighted by Crippen LogP contribution is -2.21. The van der Waals surface area contributed by atoms with E-state index >= 15 is 0 Å². The first-order chi connectivity index (χ1) is 6.59. The van der Waals surface area contributed by atoms with Crippen LogP contribution in [0.3, 0.4) is 0 Å². The van der Waals surface area contributed by atoms with Gasteiger partial charge in [-0.2, -0.15) is 5.10 Å². The Kier molecular flexibility index (Phi) is 2.30. The highest BCUT2D eigenvalue weighted by Crippen LogP contribution is 2.21. The quantitative estimate of drug-likeness (QED) is 0.722. The second-order valence-electron chi connectivity index (χ2n) is 3.18. The average molecular weight is 217 g/mol. The normalized spacial score (nSPS) is 22.8. The summed E-state index contributed by atoms with van der Waals surface area (Å²) < 4.78 is 28.9. The largest absolute Gasteiger partial charge is 0.379 e. The third kappa shape index (κ3) is 1.66. The van der Waals surface area contributed by atoms with Crippen molar-refractivity contribution in [3.63, 3.8) is 0 Å². The van der Waals surface area contributed by atoms with Crippen LogP contribution in [0.15, 0.2) is 17.3 Å². The van der Waals surface area contributed by atoms with Gasteiger partial charge in [-0.05, 0) is 12.5 Å². The first-order valence-electron chi connectivity index (χ1n) is 4.23. The van der Waals surface area contributed by atoms with E-state index in [0.717, 1.165) is 6.42 Å². The lowest BCUT2D eigenvalue weighted by Gasteiger charge is -2.10. The van der Waals surface area contributed by atoms with Crippen molar-refractivity contribution in [3.8, 4) is 0 Å². The molecule has 14 heavy (non-hydrogen) atoms. The molecule has 0 aliphatic carbocycles. The van der Waals surface area contributed by atoms with Crippen molar-refractivity contribution in [2.45, 2.75) is 17.5 Å². The fourth-order valence-electron chi connectivity index (χ4n) is 1.52. The minimum absolute atomic E-state index is 0.0154. The van der Waals surface area contributed by atoms with Crippen LogP contribution in [0.1, 0.15) is 12.5 Å². The highest BCUT2D eigenvalue weighted by atomic mass is 32.2. The zero-order valence-corrected chi connectivity index (χ0v) is 8.27. The molecule has 1 unspecified atom stereocenters. The zero-order chi connectivity index (χ0) is 10.2. The van der Waals surface area contributed by atoms with Gasteiger partial charge in [-0.1, -0.05) is 0 Å². The highest BCUT2D eigenvalue weighted by Gasteiger charge is 2.24. The van der Waals surface area contributed by atoms with Crippen LogP contribution >= 0.6 is 0 Å². The van der Waals surface area contributed by atoms with Crippen molar-refractivity contribution in [3.05, 3.63) is 12.3 Å². The summed E-state index contributed by atoms with van der Waals surface area (Å²) in [7, 11) is -3.68. The Bertz CT molecular complexity index is 419. The number of ether oxygens (including phenoxy) is 1. The van der Waals surface area contributed by atoms with Crippen molar-refractivity contribution >= 4 is 10.0 Å². The molecule has 7 heteroatoms. The molecule has 6 nitrogen and oxygen atoms in total. The van der Waals surface area contributed by atoms with Crippen LogP contribution in [0.5, 0.6) is 0 Å². The van der Waals surface area contributed by atoms with Crippen molar-refractivity contribution in [2.75, 3.05) is 13.2 Å². The fourth-order valence-corrected chi connectivity index (χ4v) is 2.22. The molecule has 1 aromatic rings. The van der Waals surface area contributed by atoms with E-state index < -0.39 is 10.0 Å². The van der Waals surface area contributed by atoms with Crippen LogP contribution in [0.25, 0.3) is 0 Å². The molecule has 0 bridgehead atoms. The number of nitrogens with zero attached hydrogens (tertiary/aromatic N) is 2. The summed E-state index contributed by atoms with van der Waals surface area (Å²) in [4.78, 5) is 0. The molecule has 2 N–H and O–H groups in total. The number of hydrogen-bond acceptors (Lipinski definition) is 4. The number of primary sulfonamides is 1. The van der Waals surface area contributed by atoms with Gasteiger partial charge in [0.15, 0.2) is 5.03 Å². The summed E-state index contributed by atoms with van der Waals surface area (Å²) in [5.41, 5.74) is 0. The summed E-state index contributed by atoms with van der Waals surface area (Å²) in [6.07, 6.45) is 2.20. The molecule has 1 fully saturated rings. The average Bonchev–Trinajstić information content (AvgIpc) is 2.73. The van der Waals surface area contributed by atoms with Gasteiger partial charge < -0.3 is 4.74 Å². The molecule has 1 aromatic heterocycles. The van der Waals surface area contributed by atoms with Crippen LogP contribution in [-0.4, -0.2) is 31.4 Å². The molecule has 0 radical (unpaired) electrons. The van der Waals surface area contributed by atoms with Crippen molar-refractivity contribution < 1.29 is 13.2 Å². The smallest absolute Gasteiger partial charge is 0.255 e. The molecule has 1 saturated heterocycles. The lowest BCUT2D eigenvalue weighted by atomic mass is 10.3. The van der Waals surface area contributed by atoms with E-state index in [0.29, 0.717) is 13.2 Å². The Balaban J connectivity index is 2.39. The number of rotatable bonds is 2. The van der Waals surface area contributed by atoms with E-state index in [-0.39, 0.29) is 11.1 Å². The summed E-state index contributed by atoms with van der Waals surface area (Å²) in [5.74, 6) is 0. The van der Waals surface area contributed by atoms with Gasteiger partial charge in [0.2, 0.25) is 0 Å². The van der Waals surface area contributed by atoms with E-state index in [1.54, 1.807) is 0 Å². The molecule has 78 valence electrons. The Morgan fingerprint density at radius 1 is 1.64 bits per heavy atom. The van der Waals surface area contributed by atoms with Gasteiger partial charge >= 0.3 is 0 Å². The Labute approximate surface area is 81.7 Å². The number of aromatic nitrogens is 2. The third-order valence-corrected chi connectivity index (χ3v) is 3.08. The van der Waals surface area contributed by atoms with E-state index in [1.807, 2.05) is 0 Å². The van der Waals surface area contributed by atoms with Gasteiger partial charge in [-0.15, -0.1) is 0 Å². The zero-order valence-electron chi connectivity index (χ0n) is 7.46. The van der Waals surface area contributed by atoms with Gasteiger partial charge in [-0.25, -0.2) is 18.2 Å². The van der Waals surface area contributed by atoms with E-state index in [9.17, 15) is 8.42 Å². The van der Waals surface area contributed by atoms with Crippen molar-refractivity contribution in [1.29, 1.82) is 0 Å². The standard InChI is InChI=1S/C7H11N3O3S/c8-14(11,12)7-1-3-9-10(7)6-2-4-13-5-6/h1,3,6H,2,4-5H2,(H2,8,11,12). The predicted molar refractivity (Wildman–Crippen MR) is 48.1 cm³/mol. The second kappa shape index (κ2) is 3.34. The van der Waals surface area contributed by atoms with Gasteiger partial charge in [0.25, 0.3) is 10.0 Å². The molecule has 0 spiro atoms. The summed E-state index contributed by atoms with van der Waals surface area (Å²) in [5, 5.41) is 9.03. The molecule has 1 aliphatic rings. The van der Waals surface area contributed by atoms with Crippen molar-refractivity contribution in [2.24, 2.45) is 5.14 Å². The SMILES string of the molecule is NS(=O)(=O)c1ccnn1C1CCOC1. The maximum atomic E-state index is 11.1. The minimum atomic E-state index is -3.68. The summed E-state index contributed by atoms with van der Waals surface area (Å²) in [6, 6.07) is 1.38. The first-order valence-corrected chi connectivity index (χ1v) is 5.78. The number of sulfonamides is 1. The molecule has 0 aromatic carbocycles. The van der Waals surface area contributed by atoms with E-state index in [2.05, 4.69) is 5.10 Å². The van der Waals surface area contributed by atoms with Gasteiger partial charge in [0.1, 0.15) is 0 Å². The van der Waals surface area contributed by atoms with E-state index in [4.69, 9.17) is 9.88 Å². The maximum absolute atomic E-state index is 11.1. The Morgan fingerprint density at radius 3 is 3.00 bits per heavy atom. The van der Waals surface area contributed by atoms with Gasteiger partial charge in [-0.3, -0.25) is 0 Å². The van der Waals surface area contributed by atoms with Crippen LogP contribution < -0.4 is 5.14 Å². The number of hydrogen-bond donors (Lipinski definition) is 1. The minimum Gasteiger partial charge on any atom is -0.379 e. The Morgan fingerprint density at radius 2 is 2.43 bits per heavy atom. The third-order valence-electron chi connectivity index (χ3n) is 2.18. The molecule has 2 rings (SSSR count). The van der Waals surface area contributed by atoms with E-state index in [1.165, 1.54) is 16.9 Å². The first kappa shape index (κ1) is 9.63. The monoisotopic (exact) mass is 217 g/mol. The lowest BCUT2D eigenvalue weighted by molar-refractivity contribution is 0.182. The van der Waals surface area contributed by atoms with Crippen LogP contribution in [0.2, 0.25) is 0 Å².